The Morgan fingerprint density at radius 3 is 2.76 bits per heavy atom. The van der Waals surface area contributed by atoms with Crippen molar-refractivity contribution in [2.24, 2.45) is 5.92 Å². The second kappa shape index (κ2) is 5.85. The molecule has 0 spiro atoms. The molecule has 2 heterocycles. The maximum absolute atomic E-state index is 12.6. The first-order chi connectivity index (χ1) is 10.2. The zero-order valence-corrected chi connectivity index (χ0v) is 12.2. The number of ketones is 1. The minimum absolute atomic E-state index is 0.0222. The van der Waals surface area contributed by atoms with Crippen LogP contribution in [0, 0.1) is 5.92 Å². The van der Waals surface area contributed by atoms with Gasteiger partial charge in [-0.1, -0.05) is 0 Å². The predicted octanol–water partition coefficient (Wildman–Crippen LogP) is 1.61. The van der Waals surface area contributed by atoms with Crippen LogP contribution in [0.3, 0.4) is 0 Å². The average Bonchev–Trinajstić information content (AvgIpc) is 2.53. The van der Waals surface area contributed by atoms with E-state index in [2.05, 4.69) is 5.32 Å². The average molecular weight is 288 g/mol. The second-order valence-electron chi connectivity index (χ2n) is 5.59. The summed E-state index contributed by atoms with van der Waals surface area (Å²) in [7, 11) is 0. The molecule has 0 unspecified atom stereocenters. The molecule has 21 heavy (non-hydrogen) atoms. The molecule has 1 amide bonds. The summed E-state index contributed by atoms with van der Waals surface area (Å²) >= 11 is 0. The number of anilines is 1. The molecule has 0 atom stereocenters. The van der Waals surface area contributed by atoms with E-state index in [1.54, 1.807) is 17.0 Å². The summed E-state index contributed by atoms with van der Waals surface area (Å²) in [6.07, 6.45) is 1.76. The van der Waals surface area contributed by atoms with Crippen molar-refractivity contribution in [2.45, 2.75) is 19.8 Å². The number of amides is 1. The van der Waals surface area contributed by atoms with Crippen molar-refractivity contribution in [3.8, 4) is 5.75 Å². The highest BCUT2D eigenvalue weighted by atomic mass is 16.5. The molecule has 0 bridgehead atoms. The number of rotatable bonds is 2. The van der Waals surface area contributed by atoms with Gasteiger partial charge in [0, 0.05) is 18.4 Å². The van der Waals surface area contributed by atoms with Crippen LogP contribution in [0.25, 0.3) is 0 Å². The molecule has 3 rings (SSSR count). The molecule has 2 aliphatic heterocycles. The van der Waals surface area contributed by atoms with Gasteiger partial charge in [-0.3, -0.25) is 9.59 Å². The van der Waals surface area contributed by atoms with Crippen molar-refractivity contribution in [2.75, 3.05) is 31.1 Å². The molecule has 1 aromatic carbocycles. The third-order valence-corrected chi connectivity index (χ3v) is 4.20. The monoisotopic (exact) mass is 288 g/mol. The number of carbonyl (C=O) groups excluding carboxylic acids is 2. The lowest BCUT2D eigenvalue weighted by Crippen LogP contribution is -2.36. The van der Waals surface area contributed by atoms with Crippen LogP contribution in [0.5, 0.6) is 5.75 Å². The molecule has 112 valence electrons. The lowest BCUT2D eigenvalue weighted by Gasteiger charge is -2.29. The van der Waals surface area contributed by atoms with E-state index in [-0.39, 0.29) is 17.6 Å². The summed E-state index contributed by atoms with van der Waals surface area (Å²) in [6, 6.07) is 5.42. The van der Waals surface area contributed by atoms with Crippen molar-refractivity contribution in [1.29, 1.82) is 0 Å². The summed E-state index contributed by atoms with van der Waals surface area (Å²) in [5.41, 5.74) is 1.39. The summed E-state index contributed by atoms with van der Waals surface area (Å²) in [4.78, 5) is 26.0. The Hall–Kier alpha value is -1.88. The van der Waals surface area contributed by atoms with Gasteiger partial charge < -0.3 is 15.0 Å². The maximum Gasteiger partial charge on any atom is 0.224 e. The van der Waals surface area contributed by atoms with Crippen LogP contribution in [-0.2, 0) is 4.79 Å². The van der Waals surface area contributed by atoms with Crippen LogP contribution in [0.1, 0.15) is 30.1 Å². The molecular formula is C16H20N2O3. The van der Waals surface area contributed by atoms with Gasteiger partial charge in [-0.05, 0) is 44.1 Å². The highest BCUT2D eigenvalue weighted by Crippen LogP contribution is 2.33. The molecule has 0 aromatic heterocycles. The number of nitrogens with one attached hydrogen (secondary N) is 1. The van der Waals surface area contributed by atoms with E-state index < -0.39 is 0 Å². The van der Waals surface area contributed by atoms with Crippen molar-refractivity contribution in [1.82, 2.24) is 5.32 Å². The standard InChI is InChI=1S/C16H20N2O3/c1-11(19)18-8-9-21-15-3-2-13(10-14(15)18)16(20)12-4-6-17-7-5-12/h2-3,10,12,17H,4-9H2,1H3. The van der Waals surface area contributed by atoms with Crippen LogP contribution in [0.4, 0.5) is 5.69 Å². The Labute approximate surface area is 124 Å². The molecular weight excluding hydrogens is 268 g/mol. The Bertz CT molecular complexity index is 565. The van der Waals surface area contributed by atoms with Crippen molar-refractivity contribution in [3.05, 3.63) is 23.8 Å². The number of benzene rings is 1. The van der Waals surface area contributed by atoms with E-state index in [0.717, 1.165) is 25.9 Å². The van der Waals surface area contributed by atoms with E-state index in [1.807, 2.05) is 6.07 Å². The van der Waals surface area contributed by atoms with Gasteiger partial charge in [0.05, 0.1) is 12.2 Å². The Kier molecular flexibility index (Phi) is 3.92. The highest BCUT2D eigenvalue weighted by Gasteiger charge is 2.26. The van der Waals surface area contributed by atoms with E-state index >= 15 is 0 Å². The predicted molar refractivity (Wildman–Crippen MR) is 79.9 cm³/mol. The molecule has 2 aliphatic rings. The van der Waals surface area contributed by atoms with E-state index in [9.17, 15) is 9.59 Å². The van der Waals surface area contributed by atoms with Crippen LogP contribution < -0.4 is 15.0 Å². The van der Waals surface area contributed by atoms with Gasteiger partial charge in [0.2, 0.25) is 5.91 Å². The van der Waals surface area contributed by atoms with Crippen LogP contribution in [0.2, 0.25) is 0 Å². The van der Waals surface area contributed by atoms with Crippen LogP contribution in [0.15, 0.2) is 18.2 Å². The van der Waals surface area contributed by atoms with E-state index in [0.29, 0.717) is 30.2 Å². The zero-order valence-electron chi connectivity index (χ0n) is 12.2. The molecule has 1 fully saturated rings. The van der Waals surface area contributed by atoms with Gasteiger partial charge >= 0.3 is 0 Å². The quantitative estimate of drug-likeness (QED) is 0.840. The highest BCUT2D eigenvalue weighted by molar-refractivity contribution is 6.01. The van der Waals surface area contributed by atoms with E-state index in [1.165, 1.54) is 6.92 Å². The minimum atomic E-state index is -0.0222. The summed E-state index contributed by atoms with van der Waals surface area (Å²) in [6.45, 7) is 4.35. The number of hydrogen-bond acceptors (Lipinski definition) is 4. The largest absolute Gasteiger partial charge is 0.490 e. The first-order valence-electron chi connectivity index (χ1n) is 7.46. The van der Waals surface area contributed by atoms with Gasteiger partial charge in [-0.15, -0.1) is 0 Å². The van der Waals surface area contributed by atoms with Gasteiger partial charge in [-0.2, -0.15) is 0 Å². The molecule has 0 radical (unpaired) electrons. The minimum Gasteiger partial charge on any atom is -0.490 e. The first kappa shape index (κ1) is 14.1. The number of Topliss-reactive ketones (excluding diaryl/α,β-unsaturated/α-hetero) is 1. The van der Waals surface area contributed by atoms with Gasteiger partial charge in [0.25, 0.3) is 0 Å². The number of piperidine rings is 1. The van der Waals surface area contributed by atoms with Gasteiger partial charge in [0.1, 0.15) is 12.4 Å². The number of hydrogen-bond donors (Lipinski definition) is 1. The topological polar surface area (TPSA) is 58.6 Å². The molecule has 5 heteroatoms. The molecule has 0 aliphatic carbocycles. The normalized spacial score (nSPS) is 18.8. The van der Waals surface area contributed by atoms with E-state index in [4.69, 9.17) is 4.74 Å². The lowest BCUT2D eigenvalue weighted by atomic mass is 9.89. The van der Waals surface area contributed by atoms with Gasteiger partial charge in [-0.25, -0.2) is 0 Å². The smallest absolute Gasteiger partial charge is 0.224 e. The second-order valence-corrected chi connectivity index (χ2v) is 5.59. The number of fused-ring (bicyclic) bond motifs is 1. The van der Waals surface area contributed by atoms with Crippen LogP contribution in [-0.4, -0.2) is 37.9 Å². The molecule has 1 saturated heterocycles. The summed E-state index contributed by atoms with van der Waals surface area (Å²) < 4.78 is 5.57. The molecule has 0 saturated carbocycles. The molecule has 1 N–H and O–H groups in total. The third-order valence-electron chi connectivity index (χ3n) is 4.20. The lowest BCUT2D eigenvalue weighted by molar-refractivity contribution is -0.116. The molecule has 1 aromatic rings. The third kappa shape index (κ3) is 2.78. The number of carbonyl (C=O) groups is 2. The fourth-order valence-corrected chi connectivity index (χ4v) is 3.02. The summed E-state index contributed by atoms with van der Waals surface area (Å²) in [5.74, 6) is 0.914. The SMILES string of the molecule is CC(=O)N1CCOc2ccc(C(=O)C3CCNCC3)cc21. The Morgan fingerprint density at radius 1 is 1.29 bits per heavy atom. The first-order valence-corrected chi connectivity index (χ1v) is 7.46. The number of ether oxygens (including phenoxy) is 1. The Balaban J connectivity index is 1.88. The van der Waals surface area contributed by atoms with Crippen molar-refractivity contribution < 1.29 is 14.3 Å². The fraction of sp³-hybridized carbons (Fsp3) is 0.500. The van der Waals surface area contributed by atoms with Crippen molar-refractivity contribution in [3.63, 3.8) is 0 Å². The maximum atomic E-state index is 12.6. The summed E-state index contributed by atoms with van der Waals surface area (Å²) in [5, 5.41) is 3.27. The molecule has 5 nitrogen and oxygen atoms in total. The van der Waals surface area contributed by atoms with Crippen molar-refractivity contribution >= 4 is 17.4 Å². The fourth-order valence-electron chi connectivity index (χ4n) is 3.02. The van der Waals surface area contributed by atoms with Crippen LogP contribution >= 0.6 is 0 Å². The van der Waals surface area contributed by atoms with Gasteiger partial charge in [0.15, 0.2) is 5.78 Å². The Morgan fingerprint density at radius 2 is 2.05 bits per heavy atom. The number of nitrogens with zero attached hydrogens (tertiary/aromatic N) is 1. The zero-order chi connectivity index (χ0) is 14.8.